The van der Waals surface area contributed by atoms with Gasteiger partial charge in [0.25, 0.3) is 0 Å². The van der Waals surface area contributed by atoms with E-state index in [2.05, 4.69) is 5.32 Å². The minimum atomic E-state index is -0.956. The summed E-state index contributed by atoms with van der Waals surface area (Å²) < 4.78 is 2.52. The van der Waals surface area contributed by atoms with Gasteiger partial charge in [0.2, 0.25) is 0 Å². The predicted octanol–water partition coefficient (Wildman–Crippen LogP) is 0.182. The van der Waals surface area contributed by atoms with Crippen LogP contribution in [0.1, 0.15) is 12.5 Å². The molecule has 22 heavy (non-hydrogen) atoms. The van der Waals surface area contributed by atoms with Crippen molar-refractivity contribution in [3.8, 4) is 0 Å². The molecule has 1 aromatic heterocycles. The van der Waals surface area contributed by atoms with Crippen LogP contribution in [-0.4, -0.2) is 32.2 Å². The number of carboxylic acid groups (broad SMARTS) is 1. The summed E-state index contributed by atoms with van der Waals surface area (Å²) in [6.07, 6.45) is 0. The van der Waals surface area contributed by atoms with E-state index in [0.717, 1.165) is 17.1 Å². The number of benzene rings is 1. The first kappa shape index (κ1) is 16.2. The summed E-state index contributed by atoms with van der Waals surface area (Å²) in [5.74, 6) is -0.956. The zero-order valence-electron chi connectivity index (χ0n) is 12.1. The molecule has 0 aliphatic heterocycles. The maximum Gasteiger partial charge on any atom is 0.341 e. The van der Waals surface area contributed by atoms with Gasteiger partial charge in [-0.25, -0.2) is 13.3 Å². The van der Waals surface area contributed by atoms with Crippen molar-refractivity contribution < 1.29 is 9.90 Å². The molecule has 0 aliphatic rings. The van der Waals surface area contributed by atoms with E-state index in [9.17, 15) is 14.4 Å². The van der Waals surface area contributed by atoms with Crippen molar-refractivity contribution in [3.63, 3.8) is 0 Å². The van der Waals surface area contributed by atoms with Crippen molar-refractivity contribution in [1.29, 1.82) is 0 Å². The Bertz CT molecular complexity index is 747. The number of carboxylic acids is 1. The smallest absolute Gasteiger partial charge is 0.341 e. The first-order valence-electron chi connectivity index (χ1n) is 6.80. The molecule has 2 aromatic rings. The van der Waals surface area contributed by atoms with Crippen molar-refractivity contribution in [3.05, 3.63) is 56.0 Å². The maximum absolute atomic E-state index is 12.2. The quantitative estimate of drug-likeness (QED) is 0.758. The average molecular weight is 323 g/mol. The van der Waals surface area contributed by atoms with Gasteiger partial charge >= 0.3 is 16.5 Å². The SMILES string of the molecule is CC(NCCn1sc(=O)n(Cc2ccccc2)c1=O)C(=O)O. The number of hydrogen-bond acceptors (Lipinski definition) is 5. The van der Waals surface area contributed by atoms with Gasteiger partial charge in [-0.15, -0.1) is 0 Å². The molecular formula is C14H17N3O4S. The third kappa shape index (κ3) is 3.92. The molecule has 0 aliphatic carbocycles. The second-order valence-corrected chi connectivity index (χ2v) is 5.80. The molecule has 0 amide bonds. The van der Waals surface area contributed by atoms with E-state index in [4.69, 9.17) is 5.11 Å². The van der Waals surface area contributed by atoms with Crippen LogP contribution in [-0.2, 0) is 17.9 Å². The normalized spacial score (nSPS) is 12.2. The number of carbonyl (C=O) groups is 1. The third-order valence-electron chi connectivity index (χ3n) is 3.17. The van der Waals surface area contributed by atoms with Crippen LogP contribution in [0.2, 0.25) is 0 Å². The Morgan fingerprint density at radius 2 is 2.00 bits per heavy atom. The lowest BCUT2D eigenvalue weighted by Crippen LogP contribution is -2.37. The minimum absolute atomic E-state index is 0.237. The molecule has 0 saturated heterocycles. The van der Waals surface area contributed by atoms with Crippen molar-refractivity contribution >= 4 is 17.5 Å². The van der Waals surface area contributed by atoms with Crippen LogP contribution < -0.4 is 15.9 Å². The predicted molar refractivity (Wildman–Crippen MR) is 83.5 cm³/mol. The maximum atomic E-state index is 12.2. The van der Waals surface area contributed by atoms with Crippen molar-refractivity contribution in [2.75, 3.05) is 6.54 Å². The molecule has 2 N–H and O–H groups in total. The molecule has 0 spiro atoms. The molecule has 1 aromatic carbocycles. The summed E-state index contributed by atoms with van der Waals surface area (Å²) >= 11 is 0.844. The number of aromatic nitrogens is 2. The van der Waals surface area contributed by atoms with Crippen LogP contribution in [0, 0.1) is 0 Å². The van der Waals surface area contributed by atoms with E-state index in [0.29, 0.717) is 6.54 Å². The monoisotopic (exact) mass is 323 g/mol. The van der Waals surface area contributed by atoms with Gasteiger partial charge < -0.3 is 10.4 Å². The second-order valence-electron chi connectivity index (χ2n) is 4.83. The first-order valence-corrected chi connectivity index (χ1v) is 7.57. The largest absolute Gasteiger partial charge is 0.480 e. The average Bonchev–Trinajstić information content (AvgIpc) is 2.76. The molecule has 1 atom stereocenters. The van der Waals surface area contributed by atoms with Crippen LogP contribution >= 0.6 is 11.5 Å². The third-order valence-corrected chi connectivity index (χ3v) is 4.11. The summed E-state index contributed by atoms with van der Waals surface area (Å²) in [6, 6.07) is 8.57. The highest BCUT2D eigenvalue weighted by Gasteiger charge is 2.12. The van der Waals surface area contributed by atoms with Crippen molar-refractivity contribution in [1.82, 2.24) is 13.8 Å². The number of rotatable bonds is 7. The van der Waals surface area contributed by atoms with Gasteiger partial charge in [-0.3, -0.25) is 9.59 Å². The zero-order chi connectivity index (χ0) is 16.1. The molecular weight excluding hydrogens is 306 g/mol. The zero-order valence-corrected chi connectivity index (χ0v) is 12.9. The van der Waals surface area contributed by atoms with Gasteiger partial charge in [0.05, 0.1) is 13.1 Å². The molecule has 0 saturated carbocycles. The molecule has 0 bridgehead atoms. The molecule has 0 fully saturated rings. The van der Waals surface area contributed by atoms with Gasteiger partial charge in [0.15, 0.2) is 0 Å². The van der Waals surface area contributed by atoms with Gasteiger partial charge in [-0.2, -0.15) is 0 Å². The molecule has 1 unspecified atom stereocenters. The Labute approximate surface area is 130 Å². The molecule has 7 nitrogen and oxygen atoms in total. The van der Waals surface area contributed by atoms with Gasteiger partial charge in [-0.1, -0.05) is 30.3 Å². The highest BCUT2D eigenvalue weighted by Crippen LogP contribution is 1.99. The fourth-order valence-corrected chi connectivity index (χ4v) is 2.69. The summed E-state index contributed by atoms with van der Waals surface area (Å²) in [5, 5.41) is 11.5. The Balaban J connectivity index is 2.06. The van der Waals surface area contributed by atoms with E-state index in [1.807, 2.05) is 30.3 Å². The standard InChI is InChI=1S/C14H17N3O4S/c1-10(12(18)19)15-7-8-17-13(20)16(14(21)22-17)9-11-5-3-2-4-6-11/h2-6,10,15H,7-9H2,1H3,(H,18,19). The van der Waals surface area contributed by atoms with Gasteiger partial charge in [0, 0.05) is 18.1 Å². The molecule has 2 rings (SSSR count). The number of nitrogens with zero attached hydrogens (tertiary/aromatic N) is 2. The van der Waals surface area contributed by atoms with Crippen molar-refractivity contribution in [2.45, 2.75) is 26.1 Å². The van der Waals surface area contributed by atoms with Crippen LogP contribution in [0.15, 0.2) is 39.9 Å². The molecule has 0 radical (unpaired) electrons. The van der Waals surface area contributed by atoms with Gasteiger partial charge in [0.1, 0.15) is 6.04 Å². The van der Waals surface area contributed by atoms with Crippen LogP contribution in [0.3, 0.4) is 0 Å². The van der Waals surface area contributed by atoms with Crippen LogP contribution in [0.25, 0.3) is 0 Å². The van der Waals surface area contributed by atoms with E-state index in [-0.39, 0.29) is 23.7 Å². The lowest BCUT2D eigenvalue weighted by atomic mass is 10.2. The van der Waals surface area contributed by atoms with Crippen molar-refractivity contribution in [2.24, 2.45) is 0 Å². The topological polar surface area (TPSA) is 93.3 Å². The molecule has 8 heteroatoms. The van der Waals surface area contributed by atoms with E-state index >= 15 is 0 Å². The lowest BCUT2D eigenvalue weighted by Gasteiger charge is -2.08. The highest BCUT2D eigenvalue weighted by atomic mass is 32.1. The van der Waals surface area contributed by atoms with E-state index in [1.165, 1.54) is 15.4 Å². The summed E-state index contributed by atoms with van der Waals surface area (Å²) in [6.45, 7) is 2.33. The molecule has 1 heterocycles. The second kappa shape index (κ2) is 7.19. The Hall–Kier alpha value is -2.19. The van der Waals surface area contributed by atoms with Gasteiger partial charge in [-0.05, 0) is 12.5 Å². The fraction of sp³-hybridized carbons (Fsp3) is 0.357. The number of hydrogen-bond donors (Lipinski definition) is 2. The Kier molecular flexibility index (Phi) is 5.29. The number of nitrogens with one attached hydrogen (secondary N) is 1. The summed E-state index contributed by atoms with van der Waals surface area (Å²) in [5.41, 5.74) is 0.507. The fourth-order valence-electron chi connectivity index (χ4n) is 1.90. The Morgan fingerprint density at radius 3 is 2.64 bits per heavy atom. The Morgan fingerprint density at radius 1 is 1.32 bits per heavy atom. The van der Waals surface area contributed by atoms with E-state index < -0.39 is 12.0 Å². The summed E-state index contributed by atoms with van der Waals surface area (Å²) in [7, 11) is 0. The lowest BCUT2D eigenvalue weighted by molar-refractivity contribution is -0.138. The molecule has 118 valence electrons. The number of aliphatic carboxylic acids is 1. The van der Waals surface area contributed by atoms with Crippen LogP contribution in [0.4, 0.5) is 0 Å². The minimum Gasteiger partial charge on any atom is -0.480 e. The highest BCUT2D eigenvalue weighted by molar-refractivity contribution is 7.03. The van der Waals surface area contributed by atoms with Crippen LogP contribution in [0.5, 0.6) is 0 Å². The van der Waals surface area contributed by atoms with E-state index in [1.54, 1.807) is 0 Å². The first-order chi connectivity index (χ1) is 10.5. The summed E-state index contributed by atoms with van der Waals surface area (Å²) in [4.78, 5) is 34.5.